The number of hydrogen-bond acceptors (Lipinski definition) is 1. The molecule has 60 valence electrons. The maximum absolute atomic E-state index is 10.6. The lowest BCUT2D eigenvalue weighted by Gasteiger charge is -2.24. The van der Waals surface area contributed by atoms with Crippen molar-refractivity contribution < 1.29 is 9.90 Å². The van der Waals surface area contributed by atoms with E-state index in [2.05, 4.69) is 0 Å². The average Bonchev–Trinajstić information content (AvgIpc) is 1.85. The first kappa shape index (κ1) is 9.76. The molecule has 0 aliphatic rings. The molecule has 1 N–H and O–H groups in total. The highest BCUT2D eigenvalue weighted by atomic mass is 35.5. The van der Waals surface area contributed by atoms with Crippen molar-refractivity contribution in [3.63, 3.8) is 0 Å². The van der Waals surface area contributed by atoms with E-state index < -0.39 is 10.8 Å². The summed E-state index contributed by atoms with van der Waals surface area (Å²) in [5.74, 6) is -0.955. The van der Waals surface area contributed by atoms with E-state index >= 15 is 0 Å². The number of carbonyl (C=O) groups is 1. The number of alkyl halides is 1. The number of halogens is 1. The van der Waals surface area contributed by atoms with Gasteiger partial charge in [0.15, 0.2) is 0 Å². The molecule has 1 unspecified atom stereocenters. The molecule has 0 rings (SSSR count). The van der Waals surface area contributed by atoms with Crippen LogP contribution in [-0.2, 0) is 4.79 Å². The van der Waals surface area contributed by atoms with Gasteiger partial charge in [0.1, 0.15) is 4.87 Å². The molecule has 0 aliphatic heterocycles. The highest BCUT2D eigenvalue weighted by Crippen LogP contribution is 2.28. The molecule has 0 fully saturated rings. The van der Waals surface area contributed by atoms with Gasteiger partial charge in [0.2, 0.25) is 0 Å². The van der Waals surface area contributed by atoms with Crippen LogP contribution in [0, 0.1) is 5.92 Å². The van der Waals surface area contributed by atoms with Crippen molar-refractivity contribution in [1.82, 2.24) is 0 Å². The molecule has 0 amide bonds. The minimum absolute atomic E-state index is 0.0309. The van der Waals surface area contributed by atoms with E-state index in [1.807, 2.05) is 13.8 Å². The van der Waals surface area contributed by atoms with Crippen molar-refractivity contribution in [3.8, 4) is 0 Å². The molecule has 0 aromatic heterocycles. The highest BCUT2D eigenvalue weighted by molar-refractivity contribution is 6.33. The van der Waals surface area contributed by atoms with E-state index in [4.69, 9.17) is 16.7 Å². The van der Waals surface area contributed by atoms with Crippen molar-refractivity contribution in [3.05, 3.63) is 0 Å². The standard InChI is InChI=1S/C7H13ClO2/c1-4-7(8,5(2)3)6(9)10/h5H,4H2,1-3H3,(H,9,10). The summed E-state index contributed by atoms with van der Waals surface area (Å²) in [7, 11) is 0. The van der Waals surface area contributed by atoms with E-state index in [9.17, 15) is 4.79 Å². The van der Waals surface area contributed by atoms with E-state index in [1.165, 1.54) is 0 Å². The van der Waals surface area contributed by atoms with Crippen LogP contribution >= 0.6 is 11.6 Å². The fraction of sp³-hybridized carbons (Fsp3) is 0.857. The zero-order valence-corrected chi connectivity index (χ0v) is 7.27. The van der Waals surface area contributed by atoms with Crippen molar-refractivity contribution in [2.75, 3.05) is 0 Å². The minimum atomic E-state index is -1.07. The molecule has 0 spiro atoms. The molecule has 2 nitrogen and oxygen atoms in total. The quantitative estimate of drug-likeness (QED) is 0.649. The third kappa shape index (κ3) is 1.63. The molecule has 0 saturated carbocycles. The third-order valence-corrected chi connectivity index (χ3v) is 2.65. The molecule has 0 radical (unpaired) electrons. The molecule has 10 heavy (non-hydrogen) atoms. The van der Waals surface area contributed by atoms with Crippen LogP contribution in [0.4, 0.5) is 0 Å². The Balaban J connectivity index is 4.38. The second kappa shape index (κ2) is 3.24. The van der Waals surface area contributed by atoms with Crippen LogP contribution in [-0.4, -0.2) is 16.0 Å². The van der Waals surface area contributed by atoms with Crippen molar-refractivity contribution >= 4 is 17.6 Å². The molecule has 0 aliphatic carbocycles. The second-order valence-corrected chi connectivity index (χ2v) is 3.35. The molecule has 0 aromatic rings. The summed E-state index contributed by atoms with van der Waals surface area (Å²) in [6.45, 7) is 5.40. The Morgan fingerprint density at radius 1 is 1.70 bits per heavy atom. The van der Waals surface area contributed by atoms with Gasteiger partial charge in [0.05, 0.1) is 0 Å². The maximum atomic E-state index is 10.6. The van der Waals surface area contributed by atoms with Crippen LogP contribution in [0.5, 0.6) is 0 Å². The summed E-state index contributed by atoms with van der Waals surface area (Å²) >= 11 is 5.79. The van der Waals surface area contributed by atoms with Crippen LogP contribution in [0.3, 0.4) is 0 Å². The summed E-state index contributed by atoms with van der Waals surface area (Å²) in [5, 5.41) is 8.67. The largest absolute Gasteiger partial charge is 0.480 e. The van der Waals surface area contributed by atoms with Gasteiger partial charge in [-0.05, 0) is 12.3 Å². The average molecular weight is 165 g/mol. The highest BCUT2D eigenvalue weighted by Gasteiger charge is 2.37. The van der Waals surface area contributed by atoms with Gasteiger partial charge in [-0.1, -0.05) is 20.8 Å². The zero-order chi connectivity index (χ0) is 8.36. The smallest absolute Gasteiger partial charge is 0.325 e. The molecule has 0 heterocycles. The Kier molecular flexibility index (Phi) is 3.16. The first-order valence-corrected chi connectivity index (χ1v) is 3.75. The summed E-state index contributed by atoms with van der Waals surface area (Å²) < 4.78 is 0. The Morgan fingerprint density at radius 3 is 2.10 bits per heavy atom. The van der Waals surface area contributed by atoms with Crippen LogP contribution in [0.1, 0.15) is 27.2 Å². The lowest BCUT2D eigenvalue weighted by molar-refractivity contribution is -0.141. The molecule has 0 saturated heterocycles. The van der Waals surface area contributed by atoms with E-state index in [0.29, 0.717) is 6.42 Å². The SMILES string of the molecule is CCC(Cl)(C(=O)O)C(C)C. The first-order valence-electron chi connectivity index (χ1n) is 3.37. The van der Waals surface area contributed by atoms with Gasteiger partial charge in [0.25, 0.3) is 0 Å². The van der Waals surface area contributed by atoms with E-state index in [1.54, 1.807) is 6.92 Å². The fourth-order valence-corrected chi connectivity index (χ4v) is 0.806. The topological polar surface area (TPSA) is 37.3 Å². The van der Waals surface area contributed by atoms with Crippen LogP contribution in [0.25, 0.3) is 0 Å². The number of hydrogen-bond donors (Lipinski definition) is 1. The molecule has 1 atom stereocenters. The Labute approximate surface area is 66.2 Å². The number of carboxylic acids is 1. The predicted molar refractivity (Wildman–Crippen MR) is 41.3 cm³/mol. The monoisotopic (exact) mass is 164 g/mol. The molecular formula is C7H13ClO2. The van der Waals surface area contributed by atoms with Gasteiger partial charge < -0.3 is 5.11 Å². The third-order valence-electron chi connectivity index (χ3n) is 1.79. The van der Waals surface area contributed by atoms with Gasteiger partial charge >= 0.3 is 5.97 Å². The molecule has 0 bridgehead atoms. The maximum Gasteiger partial charge on any atom is 0.325 e. The lowest BCUT2D eigenvalue weighted by atomic mass is 9.92. The Morgan fingerprint density at radius 2 is 2.10 bits per heavy atom. The van der Waals surface area contributed by atoms with E-state index in [0.717, 1.165) is 0 Å². The predicted octanol–water partition coefficient (Wildman–Crippen LogP) is 2.11. The lowest BCUT2D eigenvalue weighted by Crippen LogP contribution is -2.37. The van der Waals surface area contributed by atoms with Gasteiger partial charge in [0, 0.05) is 0 Å². The minimum Gasteiger partial charge on any atom is -0.480 e. The van der Waals surface area contributed by atoms with Gasteiger partial charge in [-0.2, -0.15) is 0 Å². The fourth-order valence-electron chi connectivity index (χ4n) is 0.806. The molecule has 0 aromatic carbocycles. The normalized spacial score (nSPS) is 16.9. The number of rotatable bonds is 3. The van der Waals surface area contributed by atoms with Crippen LogP contribution in [0.15, 0.2) is 0 Å². The molecule has 3 heteroatoms. The van der Waals surface area contributed by atoms with Crippen LogP contribution in [0.2, 0.25) is 0 Å². The zero-order valence-electron chi connectivity index (χ0n) is 6.52. The van der Waals surface area contributed by atoms with Gasteiger partial charge in [-0.15, -0.1) is 11.6 Å². The Hall–Kier alpha value is -0.240. The second-order valence-electron chi connectivity index (χ2n) is 2.68. The van der Waals surface area contributed by atoms with Crippen molar-refractivity contribution in [2.45, 2.75) is 32.1 Å². The molecular weight excluding hydrogens is 152 g/mol. The van der Waals surface area contributed by atoms with E-state index in [-0.39, 0.29) is 5.92 Å². The van der Waals surface area contributed by atoms with Crippen LogP contribution < -0.4 is 0 Å². The summed E-state index contributed by atoms with van der Waals surface area (Å²) in [6, 6.07) is 0. The Bertz CT molecular complexity index is 134. The number of carboxylic acid groups (broad SMARTS) is 1. The summed E-state index contributed by atoms with van der Waals surface area (Å²) in [4.78, 5) is 9.49. The number of aliphatic carboxylic acids is 1. The van der Waals surface area contributed by atoms with Crippen molar-refractivity contribution in [2.24, 2.45) is 5.92 Å². The van der Waals surface area contributed by atoms with Gasteiger partial charge in [-0.3, -0.25) is 4.79 Å². The summed E-state index contributed by atoms with van der Waals surface area (Å²) in [6.07, 6.45) is 0.460. The summed E-state index contributed by atoms with van der Waals surface area (Å²) in [5.41, 5.74) is 0. The first-order chi connectivity index (χ1) is 4.45. The van der Waals surface area contributed by atoms with Gasteiger partial charge in [-0.25, -0.2) is 0 Å². The van der Waals surface area contributed by atoms with Crippen molar-refractivity contribution in [1.29, 1.82) is 0 Å².